The lowest BCUT2D eigenvalue weighted by Gasteiger charge is -2.06. The van der Waals surface area contributed by atoms with Crippen LogP contribution in [-0.2, 0) is 16.0 Å². The molecule has 0 bridgehead atoms. The number of benzene rings is 3. The molecule has 0 heterocycles. The van der Waals surface area contributed by atoms with Crippen LogP contribution in [0, 0.1) is 0 Å². The molecule has 0 amide bonds. The number of hydrogen-bond donors (Lipinski definition) is 0. The Morgan fingerprint density at radius 3 is 2.29 bits per heavy atom. The Kier molecular flexibility index (Phi) is 3.87. The number of esters is 1. The van der Waals surface area contributed by atoms with Crippen molar-refractivity contribution in [2.24, 2.45) is 0 Å². The molecule has 0 aliphatic rings. The van der Waals surface area contributed by atoms with Crippen molar-refractivity contribution in [3.05, 3.63) is 60.2 Å². The van der Waals surface area contributed by atoms with E-state index in [1.54, 1.807) is 0 Å². The predicted molar refractivity (Wildman–Crippen MR) is 86.4 cm³/mol. The molecule has 2 heteroatoms. The molecule has 3 aromatic carbocycles. The predicted octanol–water partition coefficient (Wildman–Crippen LogP) is 4.49. The van der Waals surface area contributed by atoms with E-state index in [1.807, 2.05) is 6.92 Å². The highest BCUT2D eigenvalue weighted by Gasteiger charge is 2.04. The summed E-state index contributed by atoms with van der Waals surface area (Å²) in [5, 5.41) is 4.94. The lowest BCUT2D eigenvalue weighted by atomic mass is 10.00. The fourth-order valence-electron chi connectivity index (χ4n) is 2.62. The second kappa shape index (κ2) is 5.96. The Labute approximate surface area is 124 Å². The van der Waals surface area contributed by atoms with Gasteiger partial charge in [0, 0.05) is 6.42 Å². The van der Waals surface area contributed by atoms with Gasteiger partial charge in [-0.1, -0.05) is 42.5 Å². The molecule has 106 valence electrons. The average molecular weight is 278 g/mol. The van der Waals surface area contributed by atoms with Crippen molar-refractivity contribution in [2.75, 3.05) is 6.61 Å². The zero-order valence-corrected chi connectivity index (χ0v) is 12.1. The van der Waals surface area contributed by atoms with E-state index in [9.17, 15) is 4.79 Å². The van der Waals surface area contributed by atoms with Crippen molar-refractivity contribution in [3.63, 3.8) is 0 Å². The van der Waals surface area contributed by atoms with E-state index in [0.717, 1.165) is 6.42 Å². The molecule has 0 spiro atoms. The summed E-state index contributed by atoms with van der Waals surface area (Å²) in [4.78, 5) is 11.4. The van der Waals surface area contributed by atoms with Crippen LogP contribution in [0.3, 0.4) is 0 Å². The molecular formula is C19H18O2. The summed E-state index contributed by atoms with van der Waals surface area (Å²) in [5.74, 6) is -0.129. The highest BCUT2D eigenvalue weighted by Crippen LogP contribution is 2.24. The topological polar surface area (TPSA) is 26.3 Å². The maximum Gasteiger partial charge on any atom is 0.306 e. The SMILES string of the molecule is CCOC(=O)CCc1ccc2cc3ccccc3cc2c1. The summed E-state index contributed by atoms with van der Waals surface area (Å²) in [7, 11) is 0. The third-order valence-corrected chi connectivity index (χ3v) is 3.69. The van der Waals surface area contributed by atoms with Crippen molar-refractivity contribution >= 4 is 27.5 Å². The van der Waals surface area contributed by atoms with Gasteiger partial charge in [-0.05, 0) is 52.6 Å². The second-order valence-electron chi connectivity index (χ2n) is 5.19. The molecule has 0 aromatic heterocycles. The van der Waals surface area contributed by atoms with Gasteiger partial charge in [-0.3, -0.25) is 4.79 Å². The summed E-state index contributed by atoms with van der Waals surface area (Å²) >= 11 is 0. The van der Waals surface area contributed by atoms with Crippen LogP contribution < -0.4 is 0 Å². The van der Waals surface area contributed by atoms with Crippen molar-refractivity contribution in [3.8, 4) is 0 Å². The Balaban J connectivity index is 1.88. The maximum absolute atomic E-state index is 11.4. The average Bonchev–Trinajstić information content (AvgIpc) is 2.51. The molecule has 0 atom stereocenters. The van der Waals surface area contributed by atoms with Gasteiger partial charge in [0.1, 0.15) is 0 Å². The van der Waals surface area contributed by atoms with Gasteiger partial charge in [-0.25, -0.2) is 0 Å². The number of fused-ring (bicyclic) bond motifs is 2. The molecule has 0 unspecified atom stereocenters. The van der Waals surface area contributed by atoms with Crippen LogP contribution in [0.25, 0.3) is 21.5 Å². The smallest absolute Gasteiger partial charge is 0.306 e. The highest BCUT2D eigenvalue weighted by atomic mass is 16.5. The van der Waals surface area contributed by atoms with Crippen LogP contribution in [0.2, 0.25) is 0 Å². The van der Waals surface area contributed by atoms with Crippen LogP contribution in [0.1, 0.15) is 18.9 Å². The van der Waals surface area contributed by atoms with Crippen LogP contribution in [0.4, 0.5) is 0 Å². The van der Waals surface area contributed by atoms with Gasteiger partial charge < -0.3 is 4.74 Å². The molecule has 0 fully saturated rings. The standard InChI is InChI=1S/C19H18O2/c1-2-21-19(20)10-8-14-7-9-17-12-15-5-3-4-6-16(15)13-18(17)11-14/h3-7,9,11-13H,2,8,10H2,1H3. The van der Waals surface area contributed by atoms with Gasteiger partial charge in [0.15, 0.2) is 0 Å². The normalized spacial score (nSPS) is 10.9. The summed E-state index contributed by atoms with van der Waals surface area (Å²) in [6, 6.07) is 19.2. The minimum absolute atomic E-state index is 0.129. The van der Waals surface area contributed by atoms with Gasteiger partial charge in [0.2, 0.25) is 0 Å². The number of carbonyl (C=O) groups is 1. The van der Waals surface area contributed by atoms with Gasteiger partial charge in [0.05, 0.1) is 6.61 Å². The fraction of sp³-hybridized carbons (Fsp3) is 0.211. The monoisotopic (exact) mass is 278 g/mol. The molecule has 0 aliphatic heterocycles. The quantitative estimate of drug-likeness (QED) is 0.519. The van der Waals surface area contributed by atoms with Crippen molar-refractivity contribution in [2.45, 2.75) is 19.8 Å². The molecule has 0 radical (unpaired) electrons. The minimum Gasteiger partial charge on any atom is -0.466 e. The van der Waals surface area contributed by atoms with E-state index in [4.69, 9.17) is 4.74 Å². The first-order chi connectivity index (χ1) is 10.3. The van der Waals surface area contributed by atoms with Gasteiger partial charge in [0.25, 0.3) is 0 Å². The zero-order chi connectivity index (χ0) is 14.7. The van der Waals surface area contributed by atoms with E-state index in [-0.39, 0.29) is 5.97 Å². The minimum atomic E-state index is -0.129. The van der Waals surface area contributed by atoms with Crippen LogP contribution >= 0.6 is 0 Å². The summed E-state index contributed by atoms with van der Waals surface area (Å²) in [5.41, 5.74) is 1.17. The number of ether oxygens (including phenoxy) is 1. The van der Waals surface area contributed by atoms with Crippen molar-refractivity contribution in [1.82, 2.24) is 0 Å². The lowest BCUT2D eigenvalue weighted by Crippen LogP contribution is -2.05. The van der Waals surface area contributed by atoms with E-state index in [2.05, 4.69) is 54.6 Å². The molecule has 0 saturated carbocycles. The molecule has 0 saturated heterocycles. The van der Waals surface area contributed by atoms with E-state index in [1.165, 1.54) is 27.1 Å². The van der Waals surface area contributed by atoms with Gasteiger partial charge in [-0.2, -0.15) is 0 Å². The molecular weight excluding hydrogens is 260 g/mol. The molecule has 2 nitrogen and oxygen atoms in total. The Morgan fingerprint density at radius 1 is 0.905 bits per heavy atom. The number of rotatable bonds is 4. The summed E-state index contributed by atoms with van der Waals surface area (Å²) in [6.45, 7) is 2.28. The summed E-state index contributed by atoms with van der Waals surface area (Å²) < 4.78 is 4.97. The first-order valence-corrected chi connectivity index (χ1v) is 7.33. The lowest BCUT2D eigenvalue weighted by molar-refractivity contribution is -0.143. The molecule has 0 N–H and O–H groups in total. The summed E-state index contributed by atoms with van der Waals surface area (Å²) in [6.07, 6.45) is 1.16. The van der Waals surface area contributed by atoms with Crippen molar-refractivity contribution < 1.29 is 9.53 Å². The second-order valence-corrected chi connectivity index (χ2v) is 5.19. The highest BCUT2D eigenvalue weighted by molar-refractivity contribution is 5.98. The third kappa shape index (κ3) is 3.05. The maximum atomic E-state index is 11.4. The fourth-order valence-corrected chi connectivity index (χ4v) is 2.62. The Hall–Kier alpha value is -2.35. The first kappa shape index (κ1) is 13.6. The first-order valence-electron chi connectivity index (χ1n) is 7.33. The zero-order valence-electron chi connectivity index (χ0n) is 12.1. The van der Waals surface area contributed by atoms with E-state index in [0.29, 0.717) is 13.0 Å². The molecule has 3 rings (SSSR count). The Bertz CT molecular complexity index is 790. The molecule has 21 heavy (non-hydrogen) atoms. The largest absolute Gasteiger partial charge is 0.466 e. The van der Waals surface area contributed by atoms with E-state index >= 15 is 0 Å². The van der Waals surface area contributed by atoms with Crippen LogP contribution in [0.5, 0.6) is 0 Å². The van der Waals surface area contributed by atoms with Gasteiger partial charge in [-0.15, -0.1) is 0 Å². The molecule has 0 aliphatic carbocycles. The molecule has 3 aromatic rings. The number of hydrogen-bond acceptors (Lipinski definition) is 2. The van der Waals surface area contributed by atoms with Gasteiger partial charge >= 0.3 is 5.97 Å². The van der Waals surface area contributed by atoms with Crippen LogP contribution in [-0.4, -0.2) is 12.6 Å². The van der Waals surface area contributed by atoms with Crippen molar-refractivity contribution in [1.29, 1.82) is 0 Å². The number of carbonyl (C=O) groups excluding carboxylic acids is 1. The Morgan fingerprint density at radius 2 is 1.57 bits per heavy atom. The van der Waals surface area contributed by atoms with Crippen LogP contribution in [0.15, 0.2) is 54.6 Å². The van der Waals surface area contributed by atoms with E-state index < -0.39 is 0 Å². The third-order valence-electron chi connectivity index (χ3n) is 3.69. The number of aryl methyl sites for hydroxylation is 1.